The van der Waals surface area contributed by atoms with Gasteiger partial charge in [-0.15, -0.1) is 0 Å². The van der Waals surface area contributed by atoms with Crippen LogP contribution in [0.15, 0.2) is 18.2 Å². The van der Waals surface area contributed by atoms with Crippen molar-refractivity contribution >= 4 is 17.7 Å². The van der Waals surface area contributed by atoms with Gasteiger partial charge in [-0.25, -0.2) is 0 Å². The molecule has 1 fully saturated rings. The van der Waals surface area contributed by atoms with Crippen LogP contribution in [0.1, 0.15) is 24.8 Å². The Morgan fingerprint density at radius 3 is 2.81 bits per heavy atom. The second kappa shape index (κ2) is 7.63. The molecule has 3 amide bonds. The van der Waals surface area contributed by atoms with Crippen LogP contribution >= 0.6 is 0 Å². The van der Waals surface area contributed by atoms with Gasteiger partial charge < -0.3 is 24.6 Å². The second-order valence-corrected chi connectivity index (χ2v) is 6.59. The van der Waals surface area contributed by atoms with Gasteiger partial charge in [-0.2, -0.15) is 0 Å². The summed E-state index contributed by atoms with van der Waals surface area (Å²) in [5.41, 5.74) is 0.880. The number of fused-ring (bicyclic) bond motifs is 1. The third-order valence-corrected chi connectivity index (χ3v) is 4.56. The van der Waals surface area contributed by atoms with Crippen LogP contribution in [0.4, 0.5) is 0 Å². The fourth-order valence-electron chi connectivity index (χ4n) is 3.07. The summed E-state index contributed by atoms with van der Waals surface area (Å²) in [7, 11) is 3.35. The third-order valence-electron chi connectivity index (χ3n) is 4.56. The van der Waals surface area contributed by atoms with Crippen molar-refractivity contribution in [3.8, 4) is 11.5 Å². The Hall–Kier alpha value is -2.77. The van der Waals surface area contributed by atoms with Gasteiger partial charge in [-0.05, 0) is 24.1 Å². The van der Waals surface area contributed by atoms with Crippen LogP contribution < -0.4 is 14.8 Å². The van der Waals surface area contributed by atoms with Crippen molar-refractivity contribution in [3.05, 3.63) is 23.8 Å². The number of ether oxygens (including phenoxy) is 2. The van der Waals surface area contributed by atoms with Gasteiger partial charge in [0.1, 0.15) is 6.04 Å². The summed E-state index contributed by atoms with van der Waals surface area (Å²) >= 11 is 0. The highest BCUT2D eigenvalue weighted by molar-refractivity contribution is 5.91. The van der Waals surface area contributed by atoms with Crippen LogP contribution in [-0.4, -0.2) is 61.0 Å². The van der Waals surface area contributed by atoms with Crippen LogP contribution in [0.25, 0.3) is 0 Å². The normalized spacial score (nSPS) is 18.2. The number of nitrogens with zero attached hydrogens (tertiary/aromatic N) is 2. The molecule has 1 aromatic carbocycles. The van der Waals surface area contributed by atoms with Crippen molar-refractivity contribution in [2.24, 2.45) is 0 Å². The van der Waals surface area contributed by atoms with E-state index in [9.17, 15) is 14.4 Å². The molecule has 1 aromatic rings. The van der Waals surface area contributed by atoms with Gasteiger partial charge in [0.2, 0.25) is 24.5 Å². The summed E-state index contributed by atoms with van der Waals surface area (Å²) in [6.07, 6.45) is 1.07. The number of rotatable bonds is 6. The van der Waals surface area contributed by atoms with E-state index >= 15 is 0 Å². The van der Waals surface area contributed by atoms with Gasteiger partial charge in [0, 0.05) is 40.0 Å². The van der Waals surface area contributed by atoms with Crippen LogP contribution in [0.3, 0.4) is 0 Å². The Balaban J connectivity index is 1.59. The molecule has 2 aliphatic heterocycles. The van der Waals surface area contributed by atoms with E-state index in [0.717, 1.165) is 5.56 Å². The van der Waals surface area contributed by atoms with Crippen LogP contribution in [0, 0.1) is 0 Å². The van der Waals surface area contributed by atoms with E-state index in [0.29, 0.717) is 30.9 Å². The number of amides is 3. The highest BCUT2D eigenvalue weighted by Gasteiger charge is 2.36. The summed E-state index contributed by atoms with van der Waals surface area (Å²) in [6.45, 7) is 0.792. The molecule has 8 nitrogen and oxygen atoms in total. The molecule has 1 N–H and O–H groups in total. The lowest BCUT2D eigenvalue weighted by molar-refractivity contribution is -0.136. The Bertz CT molecular complexity index is 719. The molecule has 0 spiro atoms. The van der Waals surface area contributed by atoms with E-state index < -0.39 is 6.04 Å². The van der Waals surface area contributed by atoms with Crippen molar-refractivity contribution in [1.82, 2.24) is 15.1 Å². The van der Waals surface area contributed by atoms with Gasteiger partial charge in [0.15, 0.2) is 11.5 Å². The minimum absolute atomic E-state index is 0.0489. The van der Waals surface area contributed by atoms with E-state index in [4.69, 9.17) is 9.47 Å². The minimum Gasteiger partial charge on any atom is -0.454 e. The molecular formula is C18H23N3O5. The number of likely N-dealkylation sites (tertiary alicyclic amines) is 1. The number of carbonyl (C=O) groups is 3. The monoisotopic (exact) mass is 361 g/mol. The average Bonchev–Trinajstić information content (AvgIpc) is 3.21. The van der Waals surface area contributed by atoms with E-state index in [2.05, 4.69) is 5.32 Å². The molecule has 140 valence electrons. The molecule has 2 heterocycles. The number of hydrogen-bond donors (Lipinski definition) is 1. The summed E-state index contributed by atoms with van der Waals surface area (Å²) in [5.74, 6) is 1.01. The molecule has 26 heavy (non-hydrogen) atoms. The van der Waals surface area contributed by atoms with E-state index in [1.807, 2.05) is 12.1 Å². The lowest BCUT2D eigenvalue weighted by Crippen LogP contribution is -2.45. The summed E-state index contributed by atoms with van der Waals surface area (Å²) in [5, 5.41) is 2.76. The summed E-state index contributed by atoms with van der Waals surface area (Å²) in [6, 6.07) is 4.99. The first-order chi connectivity index (χ1) is 12.5. The highest BCUT2D eigenvalue weighted by Crippen LogP contribution is 2.33. The zero-order chi connectivity index (χ0) is 18.7. The van der Waals surface area contributed by atoms with Crippen LogP contribution in [0.2, 0.25) is 0 Å². The quantitative estimate of drug-likeness (QED) is 0.797. The fraction of sp³-hybridized carbons (Fsp3) is 0.500. The Kier molecular flexibility index (Phi) is 5.29. The van der Waals surface area contributed by atoms with Crippen LogP contribution in [-0.2, 0) is 20.9 Å². The molecule has 1 saturated heterocycles. The maximum atomic E-state index is 12.5. The Labute approximate surface area is 152 Å². The van der Waals surface area contributed by atoms with Crippen molar-refractivity contribution in [1.29, 1.82) is 0 Å². The van der Waals surface area contributed by atoms with Gasteiger partial charge in [0.25, 0.3) is 0 Å². The molecule has 1 atom stereocenters. The smallest absolute Gasteiger partial charge is 0.242 e. The van der Waals surface area contributed by atoms with E-state index in [-0.39, 0.29) is 37.5 Å². The predicted octanol–water partition coefficient (Wildman–Crippen LogP) is 0.501. The standard InChI is InChI=1S/C18H23N3O5/c1-20(2)16(22)7-8-19-18(24)13-4-6-17(23)21(13)10-12-3-5-14-15(9-12)26-11-25-14/h3,5,9,13H,4,6-8,10-11H2,1-2H3,(H,19,24). The van der Waals surface area contributed by atoms with Crippen molar-refractivity contribution in [2.75, 3.05) is 27.4 Å². The van der Waals surface area contributed by atoms with Crippen molar-refractivity contribution in [2.45, 2.75) is 31.8 Å². The molecule has 8 heteroatoms. The maximum Gasteiger partial charge on any atom is 0.242 e. The molecule has 0 aliphatic carbocycles. The maximum absolute atomic E-state index is 12.5. The van der Waals surface area contributed by atoms with Crippen LogP contribution in [0.5, 0.6) is 11.5 Å². The molecule has 2 aliphatic rings. The van der Waals surface area contributed by atoms with E-state index in [1.165, 1.54) is 4.90 Å². The first-order valence-electron chi connectivity index (χ1n) is 8.61. The fourth-order valence-corrected chi connectivity index (χ4v) is 3.07. The molecule has 0 aromatic heterocycles. The average molecular weight is 361 g/mol. The van der Waals surface area contributed by atoms with Crippen molar-refractivity contribution < 1.29 is 23.9 Å². The molecule has 1 unspecified atom stereocenters. The molecule has 0 saturated carbocycles. The minimum atomic E-state index is -0.512. The first kappa shape index (κ1) is 18.0. The summed E-state index contributed by atoms with van der Waals surface area (Å²) in [4.78, 5) is 39.3. The Morgan fingerprint density at radius 1 is 1.27 bits per heavy atom. The second-order valence-electron chi connectivity index (χ2n) is 6.59. The SMILES string of the molecule is CN(C)C(=O)CCNC(=O)C1CCC(=O)N1Cc1ccc2c(c1)OCO2. The lowest BCUT2D eigenvalue weighted by atomic mass is 10.1. The molecule has 3 rings (SSSR count). The summed E-state index contributed by atoms with van der Waals surface area (Å²) < 4.78 is 10.6. The third kappa shape index (κ3) is 3.89. The lowest BCUT2D eigenvalue weighted by Gasteiger charge is -2.24. The largest absolute Gasteiger partial charge is 0.454 e. The van der Waals surface area contributed by atoms with Gasteiger partial charge in [-0.3, -0.25) is 14.4 Å². The van der Waals surface area contributed by atoms with Crippen molar-refractivity contribution in [3.63, 3.8) is 0 Å². The molecular weight excluding hydrogens is 338 g/mol. The number of hydrogen-bond acceptors (Lipinski definition) is 5. The number of carbonyl (C=O) groups excluding carboxylic acids is 3. The Morgan fingerprint density at radius 2 is 2.04 bits per heavy atom. The highest BCUT2D eigenvalue weighted by atomic mass is 16.7. The number of nitrogens with one attached hydrogen (secondary N) is 1. The predicted molar refractivity (Wildman–Crippen MR) is 92.5 cm³/mol. The van der Waals surface area contributed by atoms with Gasteiger partial charge in [0.05, 0.1) is 0 Å². The topological polar surface area (TPSA) is 88.2 Å². The molecule has 0 radical (unpaired) electrons. The van der Waals surface area contributed by atoms with Gasteiger partial charge >= 0.3 is 0 Å². The molecule has 0 bridgehead atoms. The zero-order valence-electron chi connectivity index (χ0n) is 15.0. The first-order valence-corrected chi connectivity index (χ1v) is 8.61. The number of benzene rings is 1. The zero-order valence-corrected chi connectivity index (χ0v) is 15.0. The van der Waals surface area contributed by atoms with E-state index in [1.54, 1.807) is 25.1 Å². The van der Waals surface area contributed by atoms with Gasteiger partial charge in [-0.1, -0.05) is 6.07 Å².